The normalized spacial score (nSPS) is 17.9. The van der Waals surface area contributed by atoms with Crippen molar-refractivity contribution in [3.63, 3.8) is 0 Å². The number of H-pyrrole nitrogens is 1. The predicted octanol–water partition coefficient (Wildman–Crippen LogP) is 4.83. The van der Waals surface area contributed by atoms with Crippen molar-refractivity contribution in [3.05, 3.63) is 66.4 Å². The van der Waals surface area contributed by atoms with E-state index in [4.69, 9.17) is 0 Å². The first-order chi connectivity index (χ1) is 14.0. The van der Waals surface area contributed by atoms with Crippen LogP contribution in [0.4, 0.5) is 4.39 Å². The second-order valence-electron chi connectivity index (χ2n) is 8.05. The number of aliphatic hydroxyl groups is 1. The lowest BCUT2D eigenvalue weighted by Crippen LogP contribution is -2.44. The fourth-order valence-corrected chi connectivity index (χ4v) is 4.22. The molecular formula is C24H28FN3O. The molecule has 4 rings (SSSR count). The number of piperidine rings is 1. The summed E-state index contributed by atoms with van der Waals surface area (Å²) in [7, 11) is 0. The molecule has 29 heavy (non-hydrogen) atoms. The standard InChI is InChI=1S/C24H28FN3O/c1-16(17(2)29)28-13-9-19(10-14-28)23-15-22(18-7-11-26-12-8-18)24(27-23)20-3-5-21(25)6-4-20/h3-8,11-12,15-17,19,27,29H,9-10,13-14H2,1-2H3/t16-,17?/m1/s1. The third kappa shape index (κ3) is 4.26. The number of aliphatic hydroxyl groups excluding tert-OH is 1. The number of halogens is 1. The maximum absolute atomic E-state index is 13.4. The van der Waals surface area contributed by atoms with E-state index >= 15 is 0 Å². The highest BCUT2D eigenvalue weighted by molar-refractivity contribution is 5.82. The minimum absolute atomic E-state index is 0.182. The molecule has 0 saturated carbocycles. The van der Waals surface area contributed by atoms with Gasteiger partial charge in [0, 0.05) is 35.6 Å². The average molecular weight is 394 g/mol. The second kappa shape index (κ2) is 8.47. The van der Waals surface area contributed by atoms with E-state index in [1.54, 1.807) is 12.4 Å². The molecule has 1 fully saturated rings. The van der Waals surface area contributed by atoms with Gasteiger partial charge in [-0.3, -0.25) is 9.88 Å². The van der Waals surface area contributed by atoms with Gasteiger partial charge in [0.05, 0.1) is 11.8 Å². The summed E-state index contributed by atoms with van der Waals surface area (Å²) >= 11 is 0. The molecule has 1 aliphatic heterocycles. The monoisotopic (exact) mass is 393 g/mol. The minimum Gasteiger partial charge on any atom is -0.392 e. The summed E-state index contributed by atoms with van der Waals surface area (Å²) in [6, 6.07) is 13.1. The Kier molecular flexibility index (Phi) is 5.79. The van der Waals surface area contributed by atoms with Crippen LogP contribution in [-0.2, 0) is 0 Å². The van der Waals surface area contributed by atoms with Crippen molar-refractivity contribution in [2.24, 2.45) is 0 Å². The summed E-state index contributed by atoms with van der Waals surface area (Å²) in [4.78, 5) is 10.1. The Balaban J connectivity index is 1.63. The van der Waals surface area contributed by atoms with Gasteiger partial charge in [-0.2, -0.15) is 0 Å². The van der Waals surface area contributed by atoms with Crippen LogP contribution in [0.25, 0.3) is 22.4 Å². The number of aromatic amines is 1. The van der Waals surface area contributed by atoms with Crippen molar-refractivity contribution < 1.29 is 9.50 Å². The van der Waals surface area contributed by atoms with Crippen LogP contribution in [0.15, 0.2) is 54.9 Å². The van der Waals surface area contributed by atoms with Gasteiger partial charge in [-0.15, -0.1) is 0 Å². The zero-order valence-corrected chi connectivity index (χ0v) is 17.0. The second-order valence-corrected chi connectivity index (χ2v) is 8.05. The molecule has 5 heteroatoms. The molecule has 2 N–H and O–H groups in total. The Morgan fingerprint density at radius 3 is 2.31 bits per heavy atom. The lowest BCUT2D eigenvalue weighted by molar-refractivity contribution is 0.0550. The van der Waals surface area contributed by atoms with Gasteiger partial charge in [0.1, 0.15) is 5.82 Å². The van der Waals surface area contributed by atoms with E-state index in [0.717, 1.165) is 48.3 Å². The summed E-state index contributed by atoms with van der Waals surface area (Å²) in [5.74, 6) is 0.216. The van der Waals surface area contributed by atoms with Crippen molar-refractivity contribution in [1.29, 1.82) is 0 Å². The molecule has 4 nitrogen and oxygen atoms in total. The molecule has 0 amide bonds. The highest BCUT2D eigenvalue weighted by atomic mass is 19.1. The first-order valence-electron chi connectivity index (χ1n) is 10.3. The Bertz CT molecular complexity index is 929. The summed E-state index contributed by atoms with van der Waals surface area (Å²) in [5.41, 5.74) is 5.44. The molecule has 3 aromatic rings. The number of rotatable bonds is 5. The van der Waals surface area contributed by atoms with Gasteiger partial charge in [-0.05, 0) is 93.4 Å². The number of nitrogens with one attached hydrogen (secondary N) is 1. The summed E-state index contributed by atoms with van der Waals surface area (Å²) in [5, 5.41) is 9.89. The molecule has 1 aromatic carbocycles. The van der Waals surface area contributed by atoms with E-state index in [9.17, 15) is 9.50 Å². The molecule has 0 radical (unpaired) electrons. The van der Waals surface area contributed by atoms with Crippen LogP contribution in [-0.4, -0.2) is 45.2 Å². The van der Waals surface area contributed by atoms with Crippen LogP contribution < -0.4 is 0 Å². The van der Waals surface area contributed by atoms with Gasteiger partial charge in [0.15, 0.2) is 0 Å². The van der Waals surface area contributed by atoms with Crippen LogP contribution in [0.5, 0.6) is 0 Å². The number of nitrogens with zero attached hydrogens (tertiary/aromatic N) is 2. The number of hydrogen-bond acceptors (Lipinski definition) is 3. The summed E-state index contributed by atoms with van der Waals surface area (Å²) in [6.45, 7) is 5.91. The maximum Gasteiger partial charge on any atom is 0.123 e. The Morgan fingerprint density at radius 2 is 1.69 bits per heavy atom. The highest BCUT2D eigenvalue weighted by Crippen LogP contribution is 2.37. The molecule has 0 spiro atoms. The van der Waals surface area contributed by atoms with Gasteiger partial charge < -0.3 is 10.1 Å². The summed E-state index contributed by atoms with van der Waals surface area (Å²) < 4.78 is 13.4. The quantitative estimate of drug-likeness (QED) is 0.653. The van der Waals surface area contributed by atoms with Crippen LogP contribution in [0.1, 0.15) is 38.3 Å². The average Bonchev–Trinajstić information content (AvgIpc) is 3.20. The number of aromatic nitrogens is 2. The predicted molar refractivity (Wildman–Crippen MR) is 114 cm³/mol. The number of likely N-dealkylation sites (tertiary alicyclic amines) is 1. The number of benzene rings is 1. The van der Waals surface area contributed by atoms with E-state index in [1.807, 2.05) is 31.2 Å². The van der Waals surface area contributed by atoms with E-state index in [2.05, 4.69) is 27.9 Å². The molecule has 152 valence electrons. The van der Waals surface area contributed by atoms with Crippen LogP contribution in [0.3, 0.4) is 0 Å². The molecule has 0 aliphatic carbocycles. The smallest absolute Gasteiger partial charge is 0.123 e. The van der Waals surface area contributed by atoms with Crippen molar-refractivity contribution >= 4 is 0 Å². The molecule has 2 aromatic heterocycles. The first kappa shape index (κ1) is 19.8. The van der Waals surface area contributed by atoms with Crippen molar-refractivity contribution in [2.75, 3.05) is 13.1 Å². The maximum atomic E-state index is 13.4. The van der Waals surface area contributed by atoms with Gasteiger partial charge in [-0.25, -0.2) is 4.39 Å². The molecule has 1 saturated heterocycles. The van der Waals surface area contributed by atoms with Gasteiger partial charge in [-0.1, -0.05) is 0 Å². The Morgan fingerprint density at radius 1 is 1.03 bits per heavy atom. The van der Waals surface area contributed by atoms with Crippen molar-refractivity contribution in [1.82, 2.24) is 14.9 Å². The largest absolute Gasteiger partial charge is 0.392 e. The van der Waals surface area contributed by atoms with E-state index in [-0.39, 0.29) is 18.0 Å². The van der Waals surface area contributed by atoms with E-state index < -0.39 is 0 Å². The molecule has 1 unspecified atom stereocenters. The first-order valence-corrected chi connectivity index (χ1v) is 10.3. The molecular weight excluding hydrogens is 365 g/mol. The van der Waals surface area contributed by atoms with Gasteiger partial charge in [0.25, 0.3) is 0 Å². The SMILES string of the molecule is CC(O)[C@@H](C)N1CCC(c2cc(-c3ccncc3)c(-c3ccc(F)cc3)[nH]2)CC1. The molecule has 2 atom stereocenters. The highest BCUT2D eigenvalue weighted by Gasteiger charge is 2.27. The van der Waals surface area contributed by atoms with Crippen molar-refractivity contribution in [2.45, 2.75) is 44.8 Å². The fourth-order valence-electron chi connectivity index (χ4n) is 4.22. The van der Waals surface area contributed by atoms with Crippen LogP contribution >= 0.6 is 0 Å². The number of hydrogen-bond donors (Lipinski definition) is 2. The third-order valence-electron chi connectivity index (χ3n) is 6.21. The van der Waals surface area contributed by atoms with Crippen LogP contribution in [0.2, 0.25) is 0 Å². The third-order valence-corrected chi connectivity index (χ3v) is 6.21. The lowest BCUT2D eigenvalue weighted by atomic mass is 9.92. The van der Waals surface area contributed by atoms with E-state index in [1.165, 1.54) is 17.8 Å². The Labute approximate surface area is 171 Å². The van der Waals surface area contributed by atoms with E-state index in [0.29, 0.717) is 5.92 Å². The molecule has 0 bridgehead atoms. The fraction of sp³-hybridized carbons (Fsp3) is 0.375. The topological polar surface area (TPSA) is 52.1 Å². The zero-order chi connectivity index (χ0) is 20.4. The van der Waals surface area contributed by atoms with Gasteiger partial charge >= 0.3 is 0 Å². The Hall–Kier alpha value is -2.50. The minimum atomic E-state index is -0.319. The summed E-state index contributed by atoms with van der Waals surface area (Å²) in [6.07, 6.45) is 5.38. The number of pyridine rings is 1. The van der Waals surface area contributed by atoms with Gasteiger partial charge in [0.2, 0.25) is 0 Å². The molecule has 1 aliphatic rings. The molecule has 3 heterocycles. The van der Waals surface area contributed by atoms with Crippen molar-refractivity contribution in [3.8, 4) is 22.4 Å². The van der Waals surface area contributed by atoms with Crippen LogP contribution in [0, 0.1) is 5.82 Å². The lowest BCUT2D eigenvalue weighted by Gasteiger charge is -2.37. The zero-order valence-electron chi connectivity index (χ0n) is 17.0.